The highest BCUT2D eigenvalue weighted by Gasteiger charge is 2.81. The molecule has 7 rings (SSSR count). The van der Waals surface area contributed by atoms with Gasteiger partial charge in [0.15, 0.2) is 5.41 Å². The van der Waals surface area contributed by atoms with Gasteiger partial charge in [-0.15, -0.1) is 0 Å². The van der Waals surface area contributed by atoms with Crippen molar-refractivity contribution in [3.8, 4) is 17.8 Å². The summed E-state index contributed by atoms with van der Waals surface area (Å²) >= 11 is 0. The molecular weight excluding hydrogens is 464 g/mol. The highest BCUT2D eigenvalue weighted by atomic mass is 16.2. The van der Waals surface area contributed by atoms with Gasteiger partial charge in [0.25, 0.3) is 5.56 Å². The number of carbonyl (C=O) groups is 1. The van der Waals surface area contributed by atoms with E-state index in [1.807, 2.05) is 47.4 Å². The van der Waals surface area contributed by atoms with Gasteiger partial charge in [0.2, 0.25) is 5.91 Å². The number of nitrogens with zero attached hydrogens (tertiary/aromatic N) is 6. The number of para-hydroxylation sites is 3. The topological polar surface area (TPSA) is 106 Å². The van der Waals surface area contributed by atoms with Crippen LogP contribution in [0, 0.1) is 28.1 Å². The van der Waals surface area contributed by atoms with Crippen molar-refractivity contribution in [2.45, 2.75) is 11.0 Å². The molecular formula is C29H20N6O2. The number of fused-ring (bicyclic) bond motifs is 8. The van der Waals surface area contributed by atoms with Gasteiger partial charge in [-0.2, -0.15) is 10.5 Å². The summed E-state index contributed by atoms with van der Waals surface area (Å²) < 4.78 is 1.52. The number of benzene rings is 3. The Balaban J connectivity index is 1.70. The molecule has 0 radical (unpaired) electrons. The Labute approximate surface area is 212 Å². The van der Waals surface area contributed by atoms with Gasteiger partial charge < -0.3 is 4.90 Å². The Bertz CT molecular complexity index is 1830. The lowest BCUT2D eigenvalue weighted by Gasteiger charge is -2.41. The lowest BCUT2D eigenvalue weighted by Crippen LogP contribution is -2.57. The SMILES string of the molecule is CN1C(=O)[C@@]2(CN(C)C3(c4ccccc4-n4c3nc3ccccc3c4=O)C2(C#N)C#N)c2ccccc21. The third-order valence-electron chi connectivity index (χ3n) is 8.59. The molecule has 1 unspecified atom stereocenters. The number of rotatable bonds is 0. The van der Waals surface area contributed by atoms with Gasteiger partial charge >= 0.3 is 0 Å². The van der Waals surface area contributed by atoms with Gasteiger partial charge in [-0.1, -0.05) is 48.5 Å². The van der Waals surface area contributed by atoms with Crippen LogP contribution in [0.4, 0.5) is 5.69 Å². The van der Waals surface area contributed by atoms with Gasteiger partial charge in [-0.05, 0) is 36.9 Å². The van der Waals surface area contributed by atoms with Gasteiger partial charge in [-0.3, -0.25) is 19.1 Å². The van der Waals surface area contributed by atoms with Crippen LogP contribution in [0.2, 0.25) is 0 Å². The van der Waals surface area contributed by atoms with Crippen LogP contribution in [-0.4, -0.2) is 41.0 Å². The Kier molecular flexibility index (Phi) is 3.89. The van der Waals surface area contributed by atoms with E-state index in [9.17, 15) is 20.1 Å². The number of aromatic nitrogens is 2. The minimum atomic E-state index is -1.94. The summed E-state index contributed by atoms with van der Waals surface area (Å²) in [5, 5.41) is 22.6. The molecule has 178 valence electrons. The van der Waals surface area contributed by atoms with Gasteiger partial charge in [0.1, 0.15) is 16.8 Å². The molecule has 1 saturated heterocycles. The van der Waals surface area contributed by atoms with Crippen LogP contribution in [0.3, 0.4) is 0 Å². The average molecular weight is 485 g/mol. The lowest BCUT2D eigenvalue weighted by molar-refractivity contribution is -0.124. The van der Waals surface area contributed by atoms with Crippen molar-refractivity contribution in [1.82, 2.24) is 14.5 Å². The first kappa shape index (κ1) is 21.5. The average Bonchev–Trinajstić information content (AvgIpc) is 3.44. The summed E-state index contributed by atoms with van der Waals surface area (Å²) in [6.45, 7) is 0.103. The second-order valence-electron chi connectivity index (χ2n) is 9.94. The van der Waals surface area contributed by atoms with E-state index in [1.165, 1.54) is 9.47 Å². The van der Waals surface area contributed by atoms with E-state index in [0.29, 0.717) is 33.4 Å². The normalized spacial score (nSPS) is 24.8. The maximum Gasteiger partial charge on any atom is 0.266 e. The van der Waals surface area contributed by atoms with Crippen molar-refractivity contribution in [3.05, 3.63) is 100 Å². The lowest BCUT2D eigenvalue weighted by atomic mass is 9.55. The zero-order chi connectivity index (χ0) is 25.7. The van der Waals surface area contributed by atoms with Crippen LogP contribution < -0.4 is 10.5 Å². The number of amides is 1. The molecule has 1 aromatic heterocycles. The predicted octanol–water partition coefficient (Wildman–Crippen LogP) is 2.84. The number of carbonyl (C=O) groups excluding carboxylic acids is 1. The zero-order valence-electron chi connectivity index (χ0n) is 20.1. The summed E-state index contributed by atoms with van der Waals surface area (Å²) in [5.74, 6) is -0.0423. The largest absolute Gasteiger partial charge is 0.314 e. The third-order valence-corrected chi connectivity index (χ3v) is 8.59. The van der Waals surface area contributed by atoms with Gasteiger partial charge in [0, 0.05) is 24.8 Å². The summed E-state index contributed by atoms with van der Waals surface area (Å²) in [7, 11) is 3.48. The number of likely N-dealkylation sites (N-methyl/N-ethyl adjacent to an activating group) is 2. The van der Waals surface area contributed by atoms with Gasteiger partial charge in [0.05, 0.1) is 28.7 Å². The standard InChI is InChI=1S/C29H20N6O2/c1-33-17-28(19-10-4-7-13-22(19)34(2)26(28)37)27(15-30,16-31)29(33)20-11-5-8-14-23(20)35-24(36)18-9-3-6-12-21(18)32-25(29)35/h3-14H,17H2,1-2H3/t28-,29?/m1/s1. The molecule has 0 saturated carbocycles. The molecule has 0 aliphatic carbocycles. The van der Waals surface area contributed by atoms with Crippen molar-refractivity contribution in [1.29, 1.82) is 10.5 Å². The highest BCUT2D eigenvalue weighted by molar-refractivity contribution is 6.10. The maximum atomic E-state index is 14.2. The van der Waals surface area contributed by atoms with Crippen molar-refractivity contribution < 1.29 is 4.79 Å². The molecule has 1 fully saturated rings. The molecule has 2 spiro atoms. The van der Waals surface area contributed by atoms with Crippen molar-refractivity contribution in [2.75, 3.05) is 25.5 Å². The molecule has 2 atom stereocenters. The van der Waals surface area contributed by atoms with Crippen molar-refractivity contribution in [2.24, 2.45) is 5.41 Å². The molecule has 3 aliphatic heterocycles. The van der Waals surface area contributed by atoms with Crippen LogP contribution in [-0.2, 0) is 15.7 Å². The molecule has 8 nitrogen and oxygen atoms in total. The second kappa shape index (κ2) is 6.70. The molecule has 4 aromatic rings. The fourth-order valence-corrected chi connectivity index (χ4v) is 7.16. The first-order valence-corrected chi connectivity index (χ1v) is 11.9. The molecule has 3 aromatic carbocycles. The minimum Gasteiger partial charge on any atom is -0.314 e. The van der Waals surface area contributed by atoms with Crippen LogP contribution in [0.1, 0.15) is 17.0 Å². The monoisotopic (exact) mass is 484 g/mol. The maximum absolute atomic E-state index is 14.2. The second-order valence-corrected chi connectivity index (χ2v) is 9.94. The van der Waals surface area contributed by atoms with Crippen LogP contribution in [0.5, 0.6) is 0 Å². The highest BCUT2D eigenvalue weighted by Crippen LogP contribution is 2.68. The van der Waals surface area contributed by atoms with Crippen molar-refractivity contribution in [3.63, 3.8) is 0 Å². The van der Waals surface area contributed by atoms with Crippen LogP contribution in [0.15, 0.2) is 77.6 Å². The number of nitriles is 2. The fraction of sp³-hybridized carbons (Fsp3) is 0.207. The molecule has 0 N–H and O–H groups in total. The zero-order valence-corrected chi connectivity index (χ0v) is 20.1. The Morgan fingerprint density at radius 2 is 1.46 bits per heavy atom. The summed E-state index contributed by atoms with van der Waals surface area (Å²) in [6, 6.07) is 26.4. The van der Waals surface area contributed by atoms with E-state index in [1.54, 1.807) is 44.4 Å². The van der Waals surface area contributed by atoms with Crippen LogP contribution >= 0.6 is 0 Å². The Hall–Kier alpha value is -4.79. The number of hydrogen-bond acceptors (Lipinski definition) is 6. The van der Waals surface area contributed by atoms with E-state index in [0.717, 1.165) is 0 Å². The minimum absolute atomic E-state index is 0.103. The first-order chi connectivity index (χ1) is 17.9. The van der Waals surface area contributed by atoms with E-state index < -0.39 is 16.4 Å². The van der Waals surface area contributed by atoms with E-state index in [4.69, 9.17) is 4.98 Å². The van der Waals surface area contributed by atoms with E-state index >= 15 is 0 Å². The third kappa shape index (κ3) is 2.01. The molecule has 1 amide bonds. The number of likely N-dealkylation sites (tertiary alicyclic amines) is 1. The van der Waals surface area contributed by atoms with Crippen LogP contribution in [0.25, 0.3) is 16.6 Å². The Morgan fingerprint density at radius 1 is 0.838 bits per heavy atom. The van der Waals surface area contributed by atoms with E-state index in [-0.39, 0.29) is 23.8 Å². The fourth-order valence-electron chi connectivity index (χ4n) is 7.16. The number of hydrogen-bond donors (Lipinski definition) is 0. The summed E-state index contributed by atoms with van der Waals surface area (Å²) in [5.41, 5.74) is -2.25. The summed E-state index contributed by atoms with van der Waals surface area (Å²) in [4.78, 5) is 36.5. The predicted molar refractivity (Wildman–Crippen MR) is 136 cm³/mol. The molecule has 4 heterocycles. The first-order valence-electron chi connectivity index (χ1n) is 11.9. The van der Waals surface area contributed by atoms with Crippen molar-refractivity contribution >= 4 is 22.5 Å². The molecule has 37 heavy (non-hydrogen) atoms. The molecule has 3 aliphatic rings. The molecule has 8 heteroatoms. The summed E-state index contributed by atoms with van der Waals surface area (Å²) in [6.07, 6.45) is 0. The quantitative estimate of drug-likeness (QED) is 0.380. The van der Waals surface area contributed by atoms with E-state index in [2.05, 4.69) is 12.1 Å². The van der Waals surface area contributed by atoms with Gasteiger partial charge in [-0.25, -0.2) is 4.98 Å². The smallest absolute Gasteiger partial charge is 0.266 e. The number of anilines is 1. The Morgan fingerprint density at radius 3 is 2.19 bits per heavy atom. The molecule has 0 bridgehead atoms.